The number of nitrogen functional groups attached to an aromatic ring is 2. The summed E-state index contributed by atoms with van der Waals surface area (Å²) in [6, 6.07) is 11.4. The highest BCUT2D eigenvalue weighted by atomic mass is 16.3. The van der Waals surface area contributed by atoms with Crippen LogP contribution in [0.15, 0.2) is 40.8 Å². The molecule has 3 heteroatoms. The summed E-state index contributed by atoms with van der Waals surface area (Å²) in [6.45, 7) is 0. The largest absolute Gasteiger partial charge is 0.454 e. The van der Waals surface area contributed by atoms with Crippen LogP contribution in [0.25, 0.3) is 21.9 Å². The van der Waals surface area contributed by atoms with Crippen LogP contribution in [-0.4, -0.2) is 0 Å². The number of para-hydroxylation sites is 1. The Labute approximate surface area is 86.3 Å². The average molecular weight is 198 g/mol. The zero-order valence-corrected chi connectivity index (χ0v) is 8.03. The zero-order chi connectivity index (χ0) is 10.4. The number of nitrogens with two attached hydrogens (primary N) is 2. The normalized spacial score (nSPS) is 11.2. The molecule has 0 radical (unpaired) electrons. The number of rotatable bonds is 0. The predicted octanol–water partition coefficient (Wildman–Crippen LogP) is 2.75. The first-order valence-corrected chi connectivity index (χ1v) is 4.72. The van der Waals surface area contributed by atoms with E-state index >= 15 is 0 Å². The van der Waals surface area contributed by atoms with Crippen molar-refractivity contribution in [3.05, 3.63) is 36.4 Å². The monoisotopic (exact) mass is 198 g/mol. The molecule has 0 aliphatic carbocycles. The van der Waals surface area contributed by atoms with Crippen LogP contribution < -0.4 is 11.5 Å². The summed E-state index contributed by atoms with van der Waals surface area (Å²) in [4.78, 5) is 0. The van der Waals surface area contributed by atoms with Crippen molar-refractivity contribution in [3.8, 4) is 0 Å². The van der Waals surface area contributed by atoms with Crippen LogP contribution in [0.2, 0.25) is 0 Å². The molecule has 0 amide bonds. The molecule has 0 atom stereocenters. The second-order valence-electron chi connectivity index (χ2n) is 3.58. The van der Waals surface area contributed by atoms with Gasteiger partial charge in [0.1, 0.15) is 5.58 Å². The van der Waals surface area contributed by atoms with Crippen LogP contribution in [-0.2, 0) is 0 Å². The van der Waals surface area contributed by atoms with Gasteiger partial charge in [0.05, 0.1) is 5.69 Å². The van der Waals surface area contributed by atoms with E-state index in [1.54, 1.807) is 0 Å². The van der Waals surface area contributed by atoms with Gasteiger partial charge in [0.2, 0.25) is 0 Å². The summed E-state index contributed by atoms with van der Waals surface area (Å²) < 4.78 is 5.66. The summed E-state index contributed by atoms with van der Waals surface area (Å²) in [5, 5.41) is 2.08. The molecule has 0 saturated heterocycles. The third-order valence-corrected chi connectivity index (χ3v) is 2.55. The van der Waals surface area contributed by atoms with Crippen LogP contribution in [0.1, 0.15) is 0 Å². The number of anilines is 2. The van der Waals surface area contributed by atoms with E-state index in [4.69, 9.17) is 15.9 Å². The molecule has 0 fully saturated rings. The number of hydrogen-bond acceptors (Lipinski definition) is 3. The molecule has 1 aromatic heterocycles. The Morgan fingerprint density at radius 2 is 1.80 bits per heavy atom. The van der Waals surface area contributed by atoms with Gasteiger partial charge < -0.3 is 15.9 Å². The van der Waals surface area contributed by atoms with Gasteiger partial charge in [0.15, 0.2) is 5.58 Å². The van der Waals surface area contributed by atoms with E-state index < -0.39 is 0 Å². The van der Waals surface area contributed by atoms with E-state index in [-0.39, 0.29) is 0 Å². The van der Waals surface area contributed by atoms with E-state index in [9.17, 15) is 0 Å². The smallest absolute Gasteiger partial charge is 0.158 e. The first-order valence-electron chi connectivity index (χ1n) is 4.72. The number of benzene rings is 2. The van der Waals surface area contributed by atoms with Gasteiger partial charge >= 0.3 is 0 Å². The van der Waals surface area contributed by atoms with Crippen LogP contribution in [0, 0.1) is 0 Å². The molecule has 74 valence electrons. The molecule has 15 heavy (non-hydrogen) atoms. The van der Waals surface area contributed by atoms with Crippen LogP contribution in [0.5, 0.6) is 0 Å². The molecule has 3 rings (SSSR count). The molecule has 4 N–H and O–H groups in total. The fourth-order valence-corrected chi connectivity index (χ4v) is 1.84. The van der Waals surface area contributed by atoms with Gasteiger partial charge in [0, 0.05) is 22.5 Å². The first kappa shape index (κ1) is 8.17. The van der Waals surface area contributed by atoms with Gasteiger partial charge in [-0.15, -0.1) is 0 Å². The Morgan fingerprint density at radius 3 is 2.67 bits per heavy atom. The van der Waals surface area contributed by atoms with E-state index in [0.29, 0.717) is 11.4 Å². The highest BCUT2D eigenvalue weighted by molar-refractivity contribution is 6.08. The highest BCUT2D eigenvalue weighted by Gasteiger charge is 2.08. The Kier molecular flexibility index (Phi) is 1.45. The molecule has 3 nitrogen and oxygen atoms in total. The average Bonchev–Trinajstić information content (AvgIpc) is 2.57. The molecular weight excluding hydrogens is 188 g/mol. The van der Waals surface area contributed by atoms with E-state index in [1.807, 2.05) is 36.4 Å². The number of furan rings is 1. The van der Waals surface area contributed by atoms with Crippen molar-refractivity contribution in [2.24, 2.45) is 0 Å². The Bertz CT molecular complexity index is 655. The summed E-state index contributed by atoms with van der Waals surface area (Å²) in [5.41, 5.74) is 14.4. The maximum absolute atomic E-state index is 5.83. The first-order chi connectivity index (χ1) is 7.25. The lowest BCUT2D eigenvalue weighted by Crippen LogP contribution is -1.82. The SMILES string of the molecule is Nc1ccc2c(c1)oc1c(N)cccc12. The number of fused-ring (bicyclic) bond motifs is 3. The lowest BCUT2D eigenvalue weighted by Gasteiger charge is -1.92. The summed E-state index contributed by atoms with van der Waals surface area (Å²) >= 11 is 0. The van der Waals surface area contributed by atoms with Crippen molar-refractivity contribution in [1.82, 2.24) is 0 Å². The van der Waals surface area contributed by atoms with Crippen LogP contribution in [0.4, 0.5) is 11.4 Å². The van der Waals surface area contributed by atoms with Gasteiger partial charge in [0.25, 0.3) is 0 Å². The van der Waals surface area contributed by atoms with Crippen molar-refractivity contribution < 1.29 is 4.42 Å². The standard InChI is InChI=1S/C12H10N2O/c13-7-4-5-8-9-2-1-3-10(14)12(9)15-11(8)6-7/h1-6H,13-14H2. The molecular formula is C12H10N2O. The van der Waals surface area contributed by atoms with Crippen molar-refractivity contribution in [3.63, 3.8) is 0 Å². The zero-order valence-electron chi connectivity index (χ0n) is 8.03. The second kappa shape index (κ2) is 2.67. The van der Waals surface area contributed by atoms with Crippen molar-refractivity contribution in [1.29, 1.82) is 0 Å². The molecule has 0 unspecified atom stereocenters. The fourth-order valence-electron chi connectivity index (χ4n) is 1.84. The van der Waals surface area contributed by atoms with E-state index in [0.717, 1.165) is 21.9 Å². The molecule has 0 saturated carbocycles. The minimum atomic E-state index is 0.655. The summed E-state index contributed by atoms with van der Waals surface area (Å²) in [7, 11) is 0. The Balaban J connectivity index is 2.57. The van der Waals surface area contributed by atoms with Gasteiger partial charge in [-0.2, -0.15) is 0 Å². The molecule has 0 bridgehead atoms. The van der Waals surface area contributed by atoms with Gasteiger partial charge in [-0.1, -0.05) is 12.1 Å². The third-order valence-electron chi connectivity index (χ3n) is 2.55. The molecule has 0 aliphatic heterocycles. The topological polar surface area (TPSA) is 65.2 Å². The Hall–Kier alpha value is -2.16. The lowest BCUT2D eigenvalue weighted by molar-refractivity contribution is 0.670. The minimum absolute atomic E-state index is 0.655. The fraction of sp³-hybridized carbons (Fsp3) is 0. The molecule has 3 aromatic rings. The maximum Gasteiger partial charge on any atom is 0.158 e. The van der Waals surface area contributed by atoms with Crippen LogP contribution in [0.3, 0.4) is 0 Å². The molecule has 1 heterocycles. The Morgan fingerprint density at radius 1 is 0.933 bits per heavy atom. The molecule has 2 aromatic carbocycles. The lowest BCUT2D eigenvalue weighted by atomic mass is 10.1. The van der Waals surface area contributed by atoms with Gasteiger partial charge in [-0.05, 0) is 18.2 Å². The predicted molar refractivity (Wildman–Crippen MR) is 62.5 cm³/mol. The van der Waals surface area contributed by atoms with Crippen molar-refractivity contribution in [2.45, 2.75) is 0 Å². The van der Waals surface area contributed by atoms with Gasteiger partial charge in [-0.3, -0.25) is 0 Å². The quantitative estimate of drug-likeness (QED) is 0.546. The van der Waals surface area contributed by atoms with Crippen LogP contribution >= 0.6 is 0 Å². The summed E-state index contributed by atoms with van der Waals surface area (Å²) in [6.07, 6.45) is 0. The van der Waals surface area contributed by atoms with Crippen molar-refractivity contribution in [2.75, 3.05) is 11.5 Å². The second-order valence-corrected chi connectivity index (χ2v) is 3.58. The number of hydrogen-bond donors (Lipinski definition) is 2. The molecule has 0 spiro atoms. The third kappa shape index (κ3) is 1.06. The maximum atomic E-state index is 5.83. The molecule has 0 aliphatic rings. The van der Waals surface area contributed by atoms with Gasteiger partial charge in [-0.25, -0.2) is 0 Å². The van der Waals surface area contributed by atoms with Crippen molar-refractivity contribution >= 4 is 33.3 Å². The summed E-state index contributed by atoms with van der Waals surface area (Å²) in [5.74, 6) is 0. The van der Waals surface area contributed by atoms with E-state index in [2.05, 4.69) is 0 Å². The van der Waals surface area contributed by atoms with E-state index in [1.165, 1.54) is 0 Å². The minimum Gasteiger partial charge on any atom is -0.454 e. The highest BCUT2D eigenvalue weighted by Crippen LogP contribution is 2.32.